The van der Waals surface area contributed by atoms with Crippen LogP contribution in [0.2, 0.25) is 5.02 Å². The topological polar surface area (TPSA) is 55.1 Å². The van der Waals surface area contributed by atoms with Gasteiger partial charge in [0.25, 0.3) is 0 Å². The molecule has 0 unspecified atom stereocenters. The molecule has 2 aromatic carbocycles. The molecule has 4 nitrogen and oxygen atoms in total. The first kappa shape index (κ1) is 15.6. The van der Waals surface area contributed by atoms with Crippen LogP contribution in [0.5, 0.6) is 0 Å². The van der Waals surface area contributed by atoms with E-state index in [1.165, 1.54) is 0 Å². The molecule has 1 aromatic heterocycles. The lowest BCUT2D eigenvalue weighted by molar-refractivity contribution is -0.120. The first-order chi connectivity index (χ1) is 11.0. The monoisotopic (exact) mass is 328 g/mol. The Labute approximate surface area is 139 Å². The fraction of sp³-hybridized carbons (Fsp3) is 0.222. The van der Waals surface area contributed by atoms with E-state index in [0.717, 1.165) is 27.7 Å². The van der Waals surface area contributed by atoms with Crippen molar-refractivity contribution >= 4 is 28.5 Å². The normalized spacial score (nSPS) is 10.9. The third kappa shape index (κ3) is 3.37. The van der Waals surface area contributed by atoms with E-state index < -0.39 is 0 Å². The summed E-state index contributed by atoms with van der Waals surface area (Å²) in [4.78, 5) is 12.2. The average molecular weight is 329 g/mol. The minimum Gasteiger partial charge on any atom is -0.356 e. The number of carbonyl (C=O) groups excluding carboxylic acids is 1. The number of halogens is 1. The molecule has 118 valence electrons. The molecule has 0 aliphatic rings. The molecule has 5 heteroatoms. The van der Waals surface area contributed by atoms with Gasteiger partial charge < -0.3 is 9.84 Å². The highest BCUT2D eigenvalue weighted by atomic mass is 35.5. The predicted octanol–water partition coefficient (Wildman–Crippen LogP) is 3.96. The lowest BCUT2D eigenvalue weighted by Gasteiger charge is -2.06. The van der Waals surface area contributed by atoms with Crippen LogP contribution >= 0.6 is 11.6 Å². The molecule has 23 heavy (non-hydrogen) atoms. The number of rotatable bonds is 4. The molecule has 3 rings (SSSR count). The second-order valence-corrected chi connectivity index (χ2v) is 6.04. The van der Waals surface area contributed by atoms with Crippen LogP contribution in [0.25, 0.3) is 11.0 Å². The quantitative estimate of drug-likeness (QED) is 0.788. The molecular weight excluding hydrogens is 312 g/mol. The van der Waals surface area contributed by atoms with Crippen LogP contribution in [0.3, 0.4) is 0 Å². The second-order valence-electron chi connectivity index (χ2n) is 5.63. The third-order valence-corrected chi connectivity index (χ3v) is 4.12. The Morgan fingerprint density at radius 2 is 2.04 bits per heavy atom. The summed E-state index contributed by atoms with van der Waals surface area (Å²) in [5, 5.41) is 8.48. The largest absolute Gasteiger partial charge is 0.356 e. The van der Waals surface area contributed by atoms with Gasteiger partial charge in [-0.05, 0) is 42.7 Å². The average Bonchev–Trinajstić information content (AvgIpc) is 2.89. The van der Waals surface area contributed by atoms with Crippen LogP contribution < -0.4 is 5.32 Å². The lowest BCUT2D eigenvalue weighted by Crippen LogP contribution is -2.24. The van der Waals surface area contributed by atoms with Crippen molar-refractivity contribution in [3.8, 4) is 0 Å². The number of aryl methyl sites for hydroxylation is 2. The highest BCUT2D eigenvalue weighted by Gasteiger charge is 2.15. The first-order valence-corrected chi connectivity index (χ1v) is 7.78. The minimum absolute atomic E-state index is 0.111. The molecule has 0 saturated heterocycles. The molecule has 0 fully saturated rings. The SMILES string of the molecule is Cc1cc(C)c2c(CC(=O)NCc3ccccc3Cl)noc2c1. The number of fused-ring (bicyclic) bond motifs is 1. The van der Waals surface area contributed by atoms with E-state index in [1.807, 2.05) is 38.1 Å². The molecule has 0 saturated carbocycles. The summed E-state index contributed by atoms with van der Waals surface area (Å²) >= 11 is 6.09. The molecule has 3 aromatic rings. The van der Waals surface area contributed by atoms with E-state index in [0.29, 0.717) is 17.3 Å². The van der Waals surface area contributed by atoms with E-state index in [1.54, 1.807) is 6.07 Å². The van der Waals surface area contributed by atoms with E-state index in [2.05, 4.69) is 16.5 Å². The van der Waals surface area contributed by atoms with Crippen LogP contribution in [0.15, 0.2) is 40.9 Å². The van der Waals surface area contributed by atoms with E-state index in [9.17, 15) is 4.79 Å². The number of amides is 1. The second kappa shape index (κ2) is 6.42. The van der Waals surface area contributed by atoms with Gasteiger partial charge in [-0.25, -0.2) is 0 Å². The first-order valence-electron chi connectivity index (χ1n) is 7.40. The van der Waals surface area contributed by atoms with Crippen LogP contribution in [-0.4, -0.2) is 11.1 Å². The zero-order valence-electron chi connectivity index (χ0n) is 13.0. The number of aromatic nitrogens is 1. The number of benzene rings is 2. The Morgan fingerprint density at radius 1 is 1.26 bits per heavy atom. The Morgan fingerprint density at radius 3 is 2.83 bits per heavy atom. The van der Waals surface area contributed by atoms with Crippen LogP contribution in [0.1, 0.15) is 22.4 Å². The molecule has 1 amide bonds. The van der Waals surface area contributed by atoms with Gasteiger partial charge in [0, 0.05) is 17.0 Å². The van der Waals surface area contributed by atoms with Gasteiger partial charge in [0.15, 0.2) is 5.58 Å². The van der Waals surface area contributed by atoms with E-state index >= 15 is 0 Å². The third-order valence-electron chi connectivity index (χ3n) is 3.75. The Bertz CT molecular complexity index is 871. The zero-order valence-corrected chi connectivity index (χ0v) is 13.8. The number of hydrogen-bond acceptors (Lipinski definition) is 3. The molecule has 0 atom stereocenters. The molecule has 0 spiro atoms. The number of nitrogens with zero attached hydrogens (tertiary/aromatic N) is 1. The van der Waals surface area contributed by atoms with E-state index in [4.69, 9.17) is 16.1 Å². The highest BCUT2D eigenvalue weighted by molar-refractivity contribution is 6.31. The summed E-state index contributed by atoms with van der Waals surface area (Å²) in [6.07, 6.45) is 0.182. The maximum atomic E-state index is 12.2. The molecule has 1 heterocycles. The summed E-state index contributed by atoms with van der Waals surface area (Å²) in [5.74, 6) is -0.111. The standard InChI is InChI=1S/C18H17ClN2O2/c1-11-7-12(2)18-15(21-23-16(18)8-11)9-17(22)20-10-13-5-3-4-6-14(13)19/h3-8H,9-10H2,1-2H3,(H,20,22). The Hall–Kier alpha value is -2.33. The Balaban J connectivity index is 1.72. The van der Waals surface area contributed by atoms with Crippen molar-refractivity contribution in [2.75, 3.05) is 0 Å². The van der Waals surface area contributed by atoms with Crippen molar-refractivity contribution in [3.63, 3.8) is 0 Å². The van der Waals surface area contributed by atoms with Gasteiger partial charge in [0.1, 0.15) is 5.69 Å². The van der Waals surface area contributed by atoms with Gasteiger partial charge >= 0.3 is 0 Å². The fourth-order valence-electron chi connectivity index (χ4n) is 2.69. The van der Waals surface area contributed by atoms with Crippen molar-refractivity contribution in [2.24, 2.45) is 0 Å². The minimum atomic E-state index is -0.111. The van der Waals surface area contributed by atoms with Gasteiger partial charge in [-0.15, -0.1) is 0 Å². The molecular formula is C18H17ClN2O2. The molecule has 0 radical (unpaired) electrons. The van der Waals surface area contributed by atoms with Crippen molar-refractivity contribution in [1.29, 1.82) is 0 Å². The molecule has 0 bridgehead atoms. The molecule has 0 aliphatic carbocycles. The smallest absolute Gasteiger partial charge is 0.226 e. The molecule has 0 aliphatic heterocycles. The van der Waals surface area contributed by atoms with Gasteiger partial charge in [0.05, 0.1) is 6.42 Å². The van der Waals surface area contributed by atoms with Gasteiger partial charge in [-0.2, -0.15) is 0 Å². The van der Waals surface area contributed by atoms with Gasteiger partial charge in [-0.1, -0.05) is 41.0 Å². The van der Waals surface area contributed by atoms with Crippen molar-refractivity contribution in [1.82, 2.24) is 10.5 Å². The summed E-state index contributed by atoms with van der Waals surface area (Å²) in [6, 6.07) is 11.4. The summed E-state index contributed by atoms with van der Waals surface area (Å²) in [7, 11) is 0. The van der Waals surface area contributed by atoms with Crippen molar-refractivity contribution < 1.29 is 9.32 Å². The summed E-state index contributed by atoms with van der Waals surface area (Å²) in [5.41, 5.74) is 4.45. The zero-order chi connectivity index (χ0) is 16.4. The maximum Gasteiger partial charge on any atom is 0.226 e. The van der Waals surface area contributed by atoms with E-state index in [-0.39, 0.29) is 12.3 Å². The molecule has 1 N–H and O–H groups in total. The summed E-state index contributed by atoms with van der Waals surface area (Å²) < 4.78 is 5.34. The van der Waals surface area contributed by atoms with Crippen molar-refractivity contribution in [3.05, 3.63) is 63.8 Å². The predicted molar refractivity (Wildman–Crippen MR) is 90.5 cm³/mol. The van der Waals surface area contributed by atoms with Gasteiger partial charge in [0.2, 0.25) is 5.91 Å². The van der Waals surface area contributed by atoms with Crippen molar-refractivity contribution in [2.45, 2.75) is 26.8 Å². The van der Waals surface area contributed by atoms with Crippen LogP contribution in [0, 0.1) is 13.8 Å². The number of nitrogens with one attached hydrogen (secondary N) is 1. The number of hydrogen-bond donors (Lipinski definition) is 1. The summed E-state index contributed by atoms with van der Waals surface area (Å²) in [6.45, 7) is 4.40. The van der Waals surface area contributed by atoms with Crippen LogP contribution in [0.4, 0.5) is 0 Å². The maximum absolute atomic E-state index is 12.2. The fourth-order valence-corrected chi connectivity index (χ4v) is 2.89. The van der Waals surface area contributed by atoms with Gasteiger partial charge in [-0.3, -0.25) is 4.79 Å². The highest BCUT2D eigenvalue weighted by Crippen LogP contribution is 2.24. The Kier molecular flexibility index (Phi) is 4.35. The number of carbonyl (C=O) groups is 1. The van der Waals surface area contributed by atoms with Crippen LogP contribution in [-0.2, 0) is 17.8 Å². The lowest BCUT2D eigenvalue weighted by atomic mass is 10.0.